The van der Waals surface area contributed by atoms with E-state index < -0.39 is 6.10 Å². The second kappa shape index (κ2) is 12.9. The van der Waals surface area contributed by atoms with Crippen LogP contribution in [0, 0.1) is 11.8 Å². The lowest BCUT2D eigenvalue weighted by Gasteiger charge is -2.38. The first-order chi connectivity index (χ1) is 17.1. The van der Waals surface area contributed by atoms with Gasteiger partial charge in [0.15, 0.2) is 0 Å². The molecular weight excluding hydrogens is 480 g/mol. The lowest BCUT2D eigenvalue weighted by Crippen LogP contribution is -2.42. The van der Waals surface area contributed by atoms with E-state index in [9.17, 15) is 10.2 Å². The van der Waals surface area contributed by atoms with Crippen LogP contribution in [0.25, 0.3) is 10.9 Å². The van der Waals surface area contributed by atoms with Gasteiger partial charge in [-0.1, -0.05) is 17.7 Å². The molecule has 1 aliphatic rings. The van der Waals surface area contributed by atoms with Crippen molar-refractivity contribution in [3.05, 3.63) is 65.3 Å². The van der Waals surface area contributed by atoms with Gasteiger partial charge in [-0.15, -0.1) is 11.8 Å². The maximum atomic E-state index is 11.0. The summed E-state index contributed by atoms with van der Waals surface area (Å²) in [5.74, 6) is 2.50. The molecule has 0 spiro atoms. The SMILES string of the molecule is COc1ccc2nccc([C@@H](O)CC[C@@H]3CCN(CCCSc4cccc(Cl)c4)C[C@@H]3CO)c2c1. The van der Waals surface area contributed by atoms with Crippen LogP contribution in [-0.4, -0.2) is 59.2 Å². The molecule has 3 atom stereocenters. The molecule has 0 unspecified atom stereocenters. The minimum Gasteiger partial charge on any atom is -0.497 e. The smallest absolute Gasteiger partial charge is 0.119 e. The molecule has 3 aromatic rings. The number of aromatic nitrogens is 1. The number of benzene rings is 2. The van der Waals surface area contributed by atoms with Crippen LogP contribution in [0.3, 0.4) is 0 Å². The number of hydrogen-bond donors (Lipinski definition) is 2. The van der Waals surface area contributed by atoms with Gasteiger partial charge in [0.05, 0.1) is 18.7 Å². The van der Waals surface area contributed by atoms with E-state index in [0.29, 0.717) is 12.3 Å². The number of aliphatic hydroxyl groups is 2. The van der Waals surface area contributed by atoms with Crippen molar-refractivity contribution in [1.29, 1.82) is 0 Å². The normalized spacial score (nSPS) is 19.7. The molecule has 5 nitrogen and oxygen atoms in total. The average Bonchev–Trinajstić information content (AvgIpc) is 2.89. The van der Waals surface area contributed by atoms with Crippen molar-refractivity contribution >= 4 is 34.3 Å². The number of halogens is 1. The lowest BCUT2D eigenvalue weighted by atomic mass is 9.81. The minimum absolute atomic E-state index is 0.198. The Kier molecular flexibility index (Phi) is 9.69. The second-order valence-corrected chi connectivity index (χ2v) is 10.9. The third-order valence-electron chi connectivity index (χ3n) is 7.05. The number of aliphatic hydroxyl groups excluding tert-OH is 2. The fourth-order valence-electron chi connectivity index (χ4n) is 5.07. The van der Waals surface area contributed by atoms with Gasteiger partial charge < -0.3 is 19.8 Å². The van der Waals surface area contributed by atoms with Crippen LogP contribution in [0.2, 0.25) is 5.02 Å². The highest BCUT2D eigenvalue weighted by Crippen LogP contribution is 2.33. The number of piperidine rings is 1. The molecule has 35 heavy (non-hydrogen) atoms. The van der Waals surface area contributed by atoms with Crippen LogP contribution >= 0.6 is 23.4 Å². The predicted octanol–water partition coefficient (Wildman–Crippen LogP) is 5.82. The van der Waals surface area contributed by atoms with Crippen molar-refractivity contribution < 1.29 is 14.9 Å². The highest BCUT2D eigenvalue weighted by molar-refractivity contribution is 7.99. The van der Waals surface area contributed by atoms with Crippen molar-refractivity contribution in [2.75, 3.05) is 39.1 Å². The van der Waals surface area contributed by atoms with Crippen LogP contribution in [-0.2, 0) is 0 Å². The summed E-state index contributed by atoms with van der Waals surface area (Å²) in [5, 5.41) is 22.8. The Bertz CT molecular complexity index is 1100. The molecule has 7 heteroatoms. The summed E-state index contributed by atoms with van der Waals surface area (Å²) in [6.45, 7) is 3.22. The molecule has 0 radical (unpaired) electrons. The Morgan fingerprint density at radius 1 is 1.20 bits per heavy atom. The highest BCUT2D eigenvalue weighted by atomic mass is 35.5. The largest absolute Gasteiger partial charge is 0.497 e. The summed E-state index contributed by atoms with van der Waals surface area (Å²) in [6.07, 6.45) is 4.94. The summed E-state index contributed by atoms with van der Waals surface area (Å²) in [5.41, 5.74) is 1.75. The zero-order valence-electron chi connectivity index (χ0n) is 20.3. The third-order valence-corrected chi connectivity index (χ3v) is 8.36. The van der Waals surface area contributed by atoms with Crippen LogP contribution in [0.15, 0.2) is 59.6 Å². The molecular formula is C28H35ClN2O3S. The minimum atomic E-state index is -0.562. The van der Waals surface area contributed by atoms with Crippen molar-refractivity contribution in [3.8, 4) is 5.75 Å². The third kappa shape index (κ3) is 7.11. The summed E-state index contributed by atoms with van der Waals surface area (Å²) < 4.78 is 5.36. The van der Waals surface area contributed by atoms with Crippen molar-refractivity contribution in [1.82, 2.24) is 9.88 Å². The molecule has 2 aromatic carbocycles. The Morgan fingerprint density at radius 2 is 2.09 bits per heavy atom. The number of hydrogen-bond acceptors (Lipinski definition) is 6. The van der Waals surface area contributed by atoms with Gasteiger partial charge in [0.2, 0.25) is 0 Å². The standard InChI is InChI=1S/C28H35ClN2O3S/c1-34-23-7-8-27-26(17-23)25(10-12-30-27)28(33)9-6-20-11-14-31(18-21(20)19-32)13-3-15-35-24-5-2-4-22(29)16-24/h2,4-5,7-8,10,12,16-17,20-21,28,32-33H,3,6,9,11,13-15,18-19H2,1H3/t20-,21-,28+/m1/s1. The summed E-state index contributed by atoms with van der Waals surface area (Å²) >= 11 is 7.92. The molecule has 0 aliphatic carbocycles. The highest BCUT2D eigenvalue weighted by Gasteiger charge is 2.29. The van der Waals surface area contributed by atoms with Crippen LogP contribution in [0.1, 0.15) is 37.4 Å². The summed E-state index contributed by atoms with van der Waals surface area (Å²) in [4.78, 5) is 8.11. The molecule has 1 fully saturated rings. The number of likely N-dealkylation sites (tertiary alicyclic amines) is 1. The molecule has 4 rings (SSSR count). The number of nitrogens with zero attached hydrogens (tertiary/aromatic N) is 2. The van der Waals surface area contributed by atoms with Gasteiger partial charge in [0.1, 0.15) is 5.75 Å². The van der Waals surface area contributed by atoms with Gasteiger partial charge in [-0.25, -0.2) is 0 Å². The lowest BCUT2D eigenvalue weighted by molar-refractivity contribution is 0.0581. The monoisotopic (exact) mass is 514 g/mol. The predicted molar refractivity (Wildman–Crippen MR) is 144 cm³/mol. The van der Waals surface area contributed by atoms with E-state index >= 15 is 0 Å². The fourth-order valence-corrected chi connectivity index (χ4v) is 6.22. The number of fused-ring (bicyclic) bond motifs is 1. The quantitative estimate of drug-likeness (QED) is 0.248. The molecule has 1 aliphatic heterocycles. The molecule has 0 saturated carbocycles. The van der Waals surface area contributed by atoms with Gasteiger partial charge in [0, 0.05) is 34.7 Å². The van der Waals surface area contributed by atoms with E-state index in [-0.39, 0.29) is 12.5 Å². The van der Waals surface area contributed by atoms with Gasteiger partial charge in [0.25, 0.3) is 0 Å². The second-order valence-electron chi connectivity index (χ2n) is 9.33. The molecule has 1 aromatic heterocycles. The molecule has 188 valence electrons. The van der Waals surface area contributed by atoms with Crippen molar-refractivity contribution in [2.24, 2.45) is 11.8 Å². The first-order valence-corrected chi connectivity index (χ1v) is 13.8. The van der Waals surface area contributed by atoms with E-state index in [2.05, 4.69) is 16.0 Å². The topological polar surface area (TPSA) is 65.8 Å². The molecule has 0 bridgehead atoms. The molecule has 1 saturated heterocycles. The zero-order chi connectivity index (χ0) is 24.6. The first kappa shape index (κ1) is 26.2. The van der Waals surface area contributed by atoms with Gasteiger partial charge in [-0.3, -0.25) is 4.98 Å². The van der Waals surface area contributed by atoms with Crippen LogP contribution in [0.4, 0.5) is 0 Å². The molecule has 2 N–H and O–H groups in total. The number of rotatable bonds is 11. The number of thioether (sulfide) groups is 1. The van der Waals surface area contributed by atoms with Crippen molar-refractivity contribution in [3.63, 3.8) is 0 Å². The number of pyridine rings is 1. The Labute approximate surface area is 217 Å². The van der Waals surface area contributed by atoms with Crippen molar-refractivity contribution in [2.45, 2.75) is 36.7 Å². The Balaban J connectivity index is 1.26. The maximum absolute atomic E-state index is 11.0. The van der Waals surface area contributed by atoms with E-state index in [0.717, 1.165) is 71.9 Å². The van der Waals surface area contributed by atoms with E-state index in [1.165, 1.54) is 4.90 Å². The van der Waals surface area contributed by atoms with Crippen LogP contribution in [0.5, 0.6) is 5.75 Å². The first-order valence-electron chi connectivity index (χ1n) is 12.4. The summed E-state index contributed by atoms with van der Waals surface area (Å²) in [6, 6.07) is 15.7. The Morgan fingerprint density at radius 3 is 2.89 bits per heavy atom. The van der Waals surface area contributed by atoms with E-state index in [1.54, 1.807) is 13.3 Å². The summed E-state index contributed by atoms with van der Waals surface area (Å²) in [7, 11) is 1.65. The van der Waals surface area contributed by atoms with Gasteiger partial charge in [-0.05, 0) is 104 Å². The van der Waals surface area contributed by atoms with E-state index in [4.69, 9.17) is 16.3 Å². The molecule has 0 amide bonds. The zero-order valence-corrected chi connectivity index (χ0v) is 21.8. The maximum Gasteiger partial charge on any atom is 0.119 e. The molecule has 2 heterocycles. The fraction of sp³-hybridized carbons (Fsp3) is 0.464. The van der Waals surface area contributed by atoms with Gasteiger partial charge in [-0.2, -0.15) is 0 Å². The van der Waals surface area contributed by atoms with E-state index in [1.807, 2.05) is 54.2 Å². The number of methoxy groups -OCH3 is 1. The average molecular weight is 515 g/mol. The van der Waals surface area contributed by atoms with Gasteiger partial charge >= 0.3 is 0 Å². The number of ether oxygens (including phenoxy) is 1. The Hall–Kier alpha value is -1.83. The van der Waals surface area contributed by atoms with Crippen LogP contribution < -0.4 is 4.74 Å².